The number of carbonyl (C=O) groups is 2. The van der Waals surface area contributed by atoms with Gasteiger partial charge in [-0.05, 0) is 54.4 Å². The number of carbonyl (C=O) groups excluding carboxylic acids is 2. The number of hydrogen-bond acceptors (Lipinski definition) is 4. The fourth-order valence-electron chi connectivity index (χ4n) is 4.32. The SMILES string of the molecule is O=C(COc1ccccc1)Nc1ccc(-c2cc3c(o2)CCN(C(=O)CCc2ccccc2)C3)cc1. The van der Waals surface area contributed by atoms with Gasteiger partial charge in [-0.2, -0.15) is 0 Å². The van der Waals surface area contributed by atoms with Crippen LogP contribution in [0.4, 0.5) is 5.69 Å². The number of rotatable bonds is 8. The Morgan fingerprint density at radius 3 is 2.39 bits per heavy atom. The van der Waals surface area contributed by atoms with Crippen molar-refractivity contribution in [1.29, 1.82) is 0 Å². The normalized spacial score (nSPS) is 12.6. The second-order valence-corrected chi connectivity index (χ2v) is 8.84. The number of anilines is 1. The molecule has 1 aromatic heterocycles. The molecule has 5 rings (SSSR count). The Labute approximate surface area is 210 Å². The predicted molar refractivity (Wildman–Crippen MR) is 139 cm³/mol. The van der Waals surface area contributed by atoms with Crippen LogP contribution in [0.3, 0.4) is 0 Å². The molecule has 6 heteroatoms. The molecule has 3 aromatic carbocycles. The number of aryl methyl sites for hydroxylation is 1. The van der Waals surface area contributed by atoms with Crippen LogP contribution < -0.4 is 10.1 Å². The standard InChI is InChI=1S/C30H28N2O4/c33-29(21-35-26-9-5-2-6-10-26)31-25-14-12-23(13-15-25)28-19-24-20-32(18-17-27(24)36-28)30(34)16-11-22-7-3-1-4-8-22/h1-10,12-15,19H,11,16-18,20-21H2,(H,31,33). The number of benzene rings is 3. The third-order valence-electron chi connectivity index (χ3n) is 6.26. The Bertz CT molecular complexity index is 1310. The maximum Gasteiger partial charge on any atom is 0.262 e. The molecule has 1 aliphatic heterocycles. The first-order chi connectivity index (χ1) is 17.6. The van der Waals surface area contributed by atoms with Gasteiger partial charge in [0.1, 0.15) is 17.3 Å². The van der Waals surface area contributed by atoms with Gasteiger partial charge >= 0.3 is 0 Å². The highest BCUT2D eigenvalue weighted by Crippen LogP contribution is 2.30. The van der Waals surface area contributed by atoms with Crippen molar-refractivity contribution < 1.29 is 18.7 Å². The van der Waals surface area contributed by atoms with Gasteiger partial charge in [-0.1, -0.05) is 48.5 Å². The summed E-state index contributed by atoms with van der Waals surface area (Å²) in [5, 5.41) is 2.84. The highest BCUT2D eigenvalue weighted by atomic mass is 16.5. The monoisotopic (exact) mass is 480 g/mol. The average Bonchev–Trinajstić information content (AvgIpc) is 3.36. The molecule has 2 heterocycles. The number of nitrogens with zero attached hydrogens (tertiary/aromatic N) is 1. The number of nitrogens with one attached hydrogen (secondary N) is 1. The molecule has 0 radical (unpaired) electrons. The minimum absolute atomic E-state index is 0.0583. The van der Waals surface area contributed by atoms with E-state index in [1.165, 1.54) is 5.56 Å². The molecule has 182 valence electrons. The molecule has 0 fully saturated rings. The fraction of sp³-hybridized carbons (Fsp3) is 0.200. The molecular weight excluding hydrogens is 452 g/mol. The van der Waals surface area contributed by atoms with Crippen molar-refractivity contribution in [3.8, 4) is 17.1 Å². The molecule has 0 aliphatic carbocycles. The van der Waals surface area contributed by atoms with Crippen molar-refractivity contribution >= 4 is 17.5 Å². The topological polar surface area (TPSA) is 71.8 Å². The summed E-state index contributed by atoms with van der Waals surface area (Å²) in [5.41, 5.74) is 3.84. The van der Waals surface area contributed by atoms with E-state index in [0.29, 0.717) is 37.4 Å². The zero-order valence-electron chi connectivity index (χ0n) is 20.0. The van der Waals surface area contributed by atoms with Crippen LogP contribution >= 0.6 is 0 Å². The van der Waals surface area contributed by atoms with Crippen molar-refractivity contribution in [2.45, 2.75) is 25.8 Å². The molecule has 0 saturated heterocycles. The second kappa shape index (κ2) is 11.0. The van der Waals surface area contributed by atoms with Crippen molar-refractivity contribution in [3.05, 3.63) is 108 Å². The second-order valence-electron chi connectivity index (χ2n) is 8.84. The maximum atomic E-state index is 12.8. The highest BCUT2D eigenvalue weighted by Gasteiger charge is 2.24. The summed E-state index contributed by atoms with van der Waals surface area (Å²) < 4.78 is 11.6. The summed E-state index contributed by atoms with van der Waals surface area (Å²) in [6.45, 7) is 1.18. The molecule has 0 spiro atoms. The molecule has 0 saturated carbocycles. The Hall–Kier alpha value is -4.32. The van der Waals surface area contributed by atoms with Crippen LogP contribution in [0.15, 0.2) is 95.4 Å². The lowest BCUT2D eigenvalue weighted by atomic mass is 10.1. The van der Waals surface area contributed by atoms with Crippen molar-refractivity contribution in [3.63, 3.8) is 0 Å². The Morgan fingerprint density at radius 1 is 0.917 bits per heavy atom. The Balaban J connectivity index is 1.15. The summed E-state index contributed by atoms with van der Waals surface area (Å²) >= 11 is 0. The molecule has 1 aliphatic rings. The van der Waals surface area contributed by atoms with E-state index in [4.69, 9.17) is 9.15 Å². The number of ether oxygens (including phenoxy) is 1. The molecule has 6 nitrogen and oxygen atoms in total. The van der Waals surface area contributed by atoms with Crippen LogP contribution in [-0.2, 0) is 29.0 Å². The molecule has 0 atom stereocenters. The molecule has 36 heavy (non-hydrogen) atoms. The third kappa shape index (κ3) is 5.84. The van der Waals surface area contributed by atoms with Crippen molar-refractivity contribution in [1.82, 2.24) is 4.90 Å². The van der Waals surface area contributed by atoms with E-state index < -0.39 is 0 Å². The van der Waals surface area contributed by atoms with E-state index in [1.807, 2.05) is 83.8 Å². The van der Waals surface area contributed by atoms with E-state index in [1.54, 1.807) is 0 Å². The Kier molecular flexibility index (Phi) is 7.12. The number of fused-ring (bicyclic) bond motifs is 1. The average molecular weight is 481 g/mol. The van der Waals surface area contributed by atoms with Gasteiger partial charge in [0.25, 0.3) is 5.91 Å². The van der Waals surface area contributed by atoms with Gasteiger partial charge in [0.15, 0.2) is 6.61 Å². The molecule has 4 aromatic rings. The van der Waals surface area contributed by atoms with Gasteiger partial charge in [0, 0.05) is 42.7 Å². The molecule has 1 N–H and O–H groups in total. The largest absolute Gasteiger partial charge is 0.484 e. The van der Waals surface area contributed by atoms with Gasteiger partial charge in [-0.3, -0.25) is 9.59 Å². The first kappa shape index (κ1) is 23.4. The quantitative estimate of drug-likeness (QED) is 0.362. The van der Waals surface area contributed by atoms with Crippen LogP contribution in [-0.4, -0.2) is 29.9 Å². The summed E-state index contributed by atoms with van der Waals surface area (Å²) in [6.07, 6.45) is 1.97. The molecule has 2 amide bonds. The summed E-state index contributed by atoms with van der Waals surface area (Å²) in [5.74, 6) is 2.30. The van der Waals surface area contributed by atoms with E-state index in [9.17, 15) is 9.59 Å². The number of amides is 2. The van der Waals surface area contributed by atoms with E-state index in [-0.39, 0.29) is 18.4 Å². The van der Waals surface area contributed by atoms with Crippen LogP contribution in [0.1, 0.15) is 23.3 Å². The third-order valence-corrected chi connectivity index (χ3v) is 6.26. The lowest BCUT2D eigenvalue weighted by Gasteiger charge is -2.26. The summed E-state index contributed by atoms with van der Waals surface area (Å²) in [6, 6.07) is 28.9. The van der Waals surface area contributed by atoms with Crippen LogP contribution in [0, 0.1) is 0 Å². The van der Waals surface area contributed by atoms with E-state index in [0.717, 1.165) is 29.1 Å². The minimum atomic E-state index is -0.225. The summed E-state index contributed by atoms with van der Waals surface area (Å²) in [4.78, 5) is 26.9. The van der Waals surface area contributed by atoms with Crippen LogP contribution in [0.2, 0.25) is 0 Å². The minimum Gasteiger partial charge on any atom is -0.484 e. The maximum absolute atomic E-state index is 12.8. The number of hydrogen-bond donors (Lipinski definition) is 1. The molecule has 0 unspecified atom stereocenters. The highest BCUT2D eigenvalue weighted by molar-refractivity contribution is 5.92. The lowest BCUT2D eigenvalue weighted by Crippen LogP contribution is -2.35. The van der Waals surface area contributed by atoms with Crippen molar-refractivity contribution in [2.24, 2.45) is 0 Å². The summed E-state index contributed by atoms with van der Waals surface area (Å²) in [7, 11) is 0. The van der Waals surface area contributed by atoms with Crippen LogP contribution in [0.25, 0.3) is 11.3 Å². The lowest BCUT2D eigenvalue weighted by molar-refractivity contribution is -0.132. The van der Waals surface area contributed by atoms with Gasteiger partial charge in [0.2, 0.25) is 5.91 Å². The fourth-order valence-corrected chi connectivity index (χ4v) is 4.32. The van der Waals surface area contributed by atoms with E-state index in [2.05, 4.69) is 17.4 Å². The predicted octanol–water partition coefficient (Wildman–Crippen LogP) is 5.48. The van der Waals surface area contributed by atoms with Gasteiger partial charge in [0.05, 0.1) is 0 Å². The smallest absolute Gasteiger partial charge is 0.262 e. The Morgan fingerprint density at radius 2 is 1.64 bits per heavy atom. The first-order valence-electron chi connectivity index (χ1n) is 12.2. The zero-order chi connectivity index (χ0) is 24.7. The van der Waals surface area contributed by atoms with Gasteiger partial charge in [-0.25, -0.2) is 0 Å². The molecule has 0 bridgehead atoms. The zero-order valence-corrected chi connectivity index (χ0v) is 20.0. The van der Waals surface area contributed by atoms with Gasteiger partial charge in [-0.15, -0.1) is 0 Å². The van der Waals surface area contributed by atoms with Gasteiger partial charge < -0.3 is 19.4 Å². The number of furan rings is 1. The number of para-hydroxylation sites is 1. The van der Waals surface area contributed by atoms with Crippen molar-refractivity contribution in [2.75, 3.05) is 18.5 Å². The van der Waals surface area contributed by atoms with Crippen LogP contribution in [0.5, 0.6) is 5.75 Å². The van der Waals surface area contributed by atoms with E-state index >= 15 is 0 Å². The molecular formula is C30H28N2O4. The first-order valence-corrected chi connectivity index (χ1v) is 12.2.